The summed E-state index contributed by atoms with van der Waals surface area (Å²) >= 11 is 0. The van der Waals surface area contributed by atoms with Crippen LogP contribution in [-0.2, 0) is 14.3 Å². The van der Waals surface area contributed by atoms with E-state index in [2.05, 4.69) is 5.32 Å². The van der Waals surface area contributed by atoms with E-state index in [4.69, 9.17) is 10.5 Å². The van der Waals surface area contributed by atoms with E-state index in [0.29, 0.717) is 12.6 Å². The van der Waals surface area contributed by atoms with Crippen molar-refractivity contribution in [1.82, 2.24) is 10.2 Å². The van der Waals surface area contributed by atoms with Crippen molar-refractivity contribution in [2.75, 3.05) is 33.3 Å². The van der Waals surface area contributed by atoms with Gasteiger partial charge in [-0.3, -0.25) is 14.5 Å². The summed E-state index contributed by atoms with van der Waals surface area (Å²) in [5.41, 5.74) is 5.27. The molecule has 0 radical (unpaired) electrons. The zero-order chi connectivity index (χ0) is 13.5. The average Bonchev–Trinajstić information content (AvgIpc) is 2.37. The number of rotatable bonds is 6. The third-order valence-electron chi connectivity index (χ3n) is 3.30. The fourth-order valence-corrected chi connectivity index (χ4v) is 2.34. The van der Waals surface area contributed by atoms with Crippen molar-refractivity contribution in [3.63, 3.8) is 0 Å². The van der Waals surface area contributed by atoms with Crippen molar-refractivity contribution in [2.45, 2.75) is 25.8 Å². The molecule has 1 heterocycles. The third kappa shape index (κ3) is 4.62. The molecule has 104 valence electrons. The number of nitrogens with one attached hydrogen (secondary N) is 1. The number of esters is 1. The van der Waals surface area contributed by atoms with Gasteiger partial charge in [-0.15, -0.1) is 0 Å². The van der Waals surface area contributed by atoms with E-state index in [1.165, 1.54) is 7.11 Å². The molecule has 0 saturated carbocycles. The van der Waals surface area contributed by atoms with Gasteiger partial charge in [-0.1, -0.05) is 6.92 Å². The average molecular weight is 257 g/mol. The molecular formula is C12H23N3O3. The summed E-state index contributed by atoms with van der Waals surface area (Å²) in [7, 11) is 1.38. The lowest BCUT2D eigenvalue weighted by molar-refractivity contribution is -0.146. The minimum atomic E-state index is -0.356. The van der Waals surface area contributed by atoms with Gasteiger partial charge in [-0.25, -0.2) is 0 Å². The fraction of sp³-hybridized carbons (Fsp3) is 0.833. The van der Waals surface area contributed by atoms with E-state index in [9.17, 15) is 9.59 Å². The van der Waals surface area contributed by atoms with Crippen molar-refractivity contribution in [3.05, 3.63) is 0 Å². The normalized spacial score (nSPS) is 18.6. The van der Waals surface area contributed by atoms with Gasteiger partial charge < -0.3 is 15.8 Å². The first-order chi connectivity index (χ1) is 8.54. The molecule has 18 heavy (non-hydrogen) atoms. The standard InChI is InChI=1S/C12H23N3O3/c1-9(12(17)18-2)7-15(8-11(13)16)10-3-5-14-6-4-10/h9-10,14H,3-8H2,1-2H3,(H2,13,16). The Kier molecular flexibility index (Phi) is 6.07. The molecule has 1 rings (SSSR count). The Morgan fingerprint density at radius 2 is 2.06 bits per heavy atom. The predicted molar refractivity (Wildman–Crippen MR) is 67.8 cm³/mol. The van der Waals surface area contributed by atoms with Crippen molar-refractivity contribution >= 4 is 11.9 Å². The monoisotopic (exact) mass is 257 g/mol. The fourth-order valence-electron chi connectivity index (χ4n) is 2.34. The Morgan fingerprint density at radius 1 is 1.44 bits per heavy atom. The van der Waals surface area contributed by atoms with E-state index in [0.717, 1.165) is 25.9 Å². The minimum absolute atomic E-state index is 0.200. The molecule has 1 fully saturated rings. The lowest BCUT2D eigenvalue weighted by Crippen LogP contribution is -2.48. The van der Waals surface area contributed by atoms with Crippen LogP contribution in [0.15, 0.2) is 0 Å². The summed E-state index contributed by atoms with van der Waals surface area (Å²) < 4.78 is 4.71. The van der Waals surface area contributed by atoms with Gasteiger partial charge in [0.05, 0.1) is 19.6 Å². The van der Waals surface area contributed by atoms with Crippen LogP contribution in [0.1, 0.15) is 19.8 Å². The van der Waals surface area contributed by atoms with Gasteiger partial charge in [0.15, 0.2) is 0 Å². The molecule has 6 heteroatoms. The van der Waals surface area contributed by atoms with Crippen molar-refractivity contribution in [2.24, 2.45) is 11.7 Å². The second-order valence-corrected chi connectivity index (χ2v) is 4.80. The Labute approximate surface area is 108 Å². The summed E-state index contributed by atoms with van der Waals surface area (Å²) in [5, 5.41) is 3.28. The van der Waals surface area contributed by atoms with Crippen LogP contribution in [-0.4, -0.2) is 56.1 Å². The summed E-state index contributed by atoms with van der Waals surface area (Å²) in [4.78, 5) is 24.6. The van der Waals surface area contributed by atoms with Crippen molar-refractivity contribution in [1.29, 1.82) is 0 Å². The molecule has 0 bridgehead atoms. The number of hydrogen-bond donors (Lipinski definition) is 2. The number of amides is 1. The minimum Gasteiger partial charge on any atom is -0.469 e. The molecule has 3 N–H and O–H groups in total. The van der Waals surface area contributed by atoms with Gasteiger partial charge in [0.1, 0.15) is 0 Å². The lowest BCUT2D eigenvalue weighted by atomic mass is 10.0. The molecule has 0 aromatic carbocycles. The van der Waals surface area contributed by atoms with Gasteiger partial charge in [0, 0.05) is 12.6 Å². The molecule has 0 spiro atoms. The van der Waals surface area contributed by atoms with Crippen LogP contribution in [0.4, 0.5) is 0 Å². The highest BCUT2D eigenvalue weighted by Crippen LogP contribution is 2.14. The molecule has 1 saturated heterocycles. The van der Waals surface area contributed by atoms with Gasteiger partial charge >= 0.3 is 5.97 Å². The number of carbonyl (C=O) groups excluding carboxylic acids is 2. The number of piperidine rings is 1. The molecule has 1 aliphatic rings. The van der Waals surface area contributed by atoms with Gasteiger partial charge in [-0.2, -0.15) is 0 Å². The number of hydrogen-bond acceptors (Lipinski definition) is 5. The summed E-state index contributed by atoms with van der Waals surface area (Å²) in [6, 6.07) is 0.311. The lowest BCUT2D eigenvalue weighted by Gasteiger charge is -2.34. The molecule has 0 aromatic heterocycles. The smallest absolute Gasteiger partial charge is 0.309 e. The highest BCUT2D eigenvalue weighted by Gasteiger charge is 2.26. The summed E-state index contributed by atoms with van der Waals surface area (Å²) in [6.07, 6.45) is 1.95. The Balaban J connectivity index is 2.59. The van der Waals surface area contributed by atoms with Crippen LogP contribution in [0.5, 0.6) is 0 Å². The number of methoxy groups -OCH3 is 1. The van der Waals surface area contributed by atoms with Crippen LogP contribution in [0.25, 0.3) is 0 Å². The van der Waals surface area contributed by atoms with Gasteiger partial charge in [0.2, 0.25) is 5.91 Å². The Hall–Kier alpha value is -1.14. The first-order valence-electron chi connectivity index (χ1n) is 6.35. The van der Waals surface area contributed by atoms with Crippen molar-refractivity contribution < 1.29 is 14.3 Å². The van der Waals surface area contributed by atoms with Crippen molar-refractivity contribution in [3.8, 4) is 0 Å². The first-order valence-corrected chi connectivity index (χ1v) is 6.35. The third-order valence-corrected chi connectivity index (χ3v) is 3.30. The maximum Gasteiger partial charge on any atom is 0.309 e. The number of nitrogens with zero attached hydrogens (tertiary/aromatic N) is 1. The first kappa shape index (κ1) is 14.9. The highest BCUT2D eigenvalue weighted by molar-refractivity contribution is 5.76. The predicted octanol–water partition coefficient (Wildman–Crippen LogP) is -0.665. The second-order valence-electron chi connectivity index (χ2n) is 4.80. The van der Waals surface area contributed by atoms with Crippen LogP contribution >= 0.6 is 0 Å². The maximum absolute atomic E-state index is 11.4. The quantitative estimate of drug-likeness (QED) is 0.617. The Morgan fingerprint density at radius 3 is 2.56 bits per heavy atom. The molecule has 1 amide bonds. The molecular weight excluding hydrogens is 234 g/mol. The molecule has 1 aliphatic heterocycles. The topological polar surface area (TPSA) is 84.7 Å². The van der Waals surface area contributed by atoms with Gasteiger partial charge in [-0.05, 0) is 25.9 Å². The van der Waals surface area contributed by atoms with Crippen LogP contribution < -0.4 is 11.1 Å². The van der Waals surface area contributed by atoms with E-state index in [1.54, 1.807) is 6.92 Å². The van der Waals surface area contributed by atoms with E-state index in [-0.39, 0.29) is 24.3 Å². The number of primary amides is 1. The van der Waals surface area contributed by atoms with Crippen LogP contribution in [0.2, 0.25) is 0 Å². The zero-order valence-electron chi connectivity index (χ0n) is 11.1. The zero-order valence-corrected chi connectivity index (χ0v) is 11.1. The molecule has 0 aliphatic carbocycles. The SMILES string of the molecule is COC(=O)C(C)CN(CC(N)=O)C1CCNCC1. The number of nitrogens with two attached hydrogens (primary N) is 1. The number of carbonyl (C=O) groups is 2. The largest absolute Gasteiger partial charge is 0.469 e. The summed E-state index contributed by atoms with van der Waals surface area (Å²) in [6.45, 7) is 4.40. The Bertz CT molecular complexity index is 290. The molecule has 0 aromatic rings. The molecule has 1 atom stereocenters. The van der Waals surface area contributed by atoms with Crippen LogP contribution in [0, 0.1) is 5.92 Å². The summed E-state index contributed by atoms with van der Waals surface area (Å²) in [5.74, 6) is -0.853. The van der Waals surface area contributed by atoms with Gasteiger partial charge in [0.25, 0.3) is 0 Å². The molecule has 6 nitrogen and oxygen atoms in total. The second kappa shape index (κ2) is 7.33. The van der Waals surface area contributed by atoms with E-state index >= 15 is 0 Å². The van der Waals surface area contributed by atoms with E-state index in [1.807, 2.05) is 4.90 Å². The number of ether oxygens (including phenoxy) is 1. The molecule has 1 unspecified atom stereocenters. The highest BCUT2D eigenvalue weighted by atomic mass is 16.5. The van der Waals surface area contributed by atoms with Crippen LogP contribution in [0.3, 0.4) is 0 Å². The van der Waals surface area contributed by atoms with E-state index < -0.39 is 0 Å². The maximum atomic E-state index is 11.4.